The number of aromatic nitrogens is 1. The summed E-state index contributed by atoms with van der Waals surface area (Å²) in [5.41, 5.74) is 8.64. The van der Waals surface area contributed by atoms with Gasteiger partial charge in [-0.25, -0.2) is 0 Å². The number of nitrogens with zero attached hydrogens (tertiary/aromatic N) is 3. The summed E-state index contributed by atoms with van der Waals surface area (Å²) in [6.07, 6.45) is -1.37. The van der Waals surface area contributed by atoms with E-state index in [9.17, 15) is 18.0 Å². The number of pyridine rings is 1. The fourth-order valence-electron chi connectivity index (χ4n) is 3.78. The third kappa shape index (κ3) is 5.96. The molecule has 0 spiro atoms. The second-order valence-corrected chi connectivity index (χ2v) is 7.98. The van der Waals surface area contributed by atoms with Crippen molar-refractivity contribution < 1.29 is 22.7 Å². The van der Waals surface area contributed by atoms with Crippen molar-refractivity contribution in [1.82, 2.24) is 15.3 Å². The molecule has 2 aromatic carbocycles. The summed E-state index contributed by atoms with van der Waals surface area (Å²) >= 11 is 0. The van der Waals surface area contributed by atoms with Gasteiger partial charge in [-0.05, 0) is 55.0 Å². The zero-order valence-electron chi connectivity index (χ0n) is 18.4. The molecule has 0 saturated carbocycles. The zero-order valence-corrected chi connectivity index (χ0v) is 18.4. The van der Waals surface area contributed by atoms with Gasteiger partial charge < -0.3 is 9.64 Å². The Hall–Kier alpha value is -3.79. The highest BCUT2D eigenvalue weighted by molar-refractivity contribution is 5.94. The highest BCUT2D eigenvalue weighted by Crippen LogP contribution is 2.28. The van der Waals surface area contributed by atoms with Gasteiger partial charge in [0.1, 0.15) is 5.75 Å². The number of anilines is 2. The van der Waals surface area contributed by atoms with E-state index in [0.29, 0.717) is 24.5 Å². The van der Waals surface area contributed by atoms with Crippen LogP contribution >= 0.6 is 0 Å². The maximum absolute atomic E-state index is 12.4. The van der Waals surface area contributed by atoms with Crippen LogP contribution in [0.4, 0.5) is 24.5 Å². The van der Waals surface area contributed by atoms with E-state index in [1.807, 2.05) is 12.1 Å². The maximum Gasteiger partial charge on any atom is 0.573 e. The van der Waals surface area contributed by atoms with E-state index in [4.69, 9.17) is 0 Å². The predicted octanol–water partition coefficient (Wildman–Crippen LogP) is 4.41. The van der Waals surface area contributed by atoms with E-state index in [2.05, 4.69) is 37.3 Å². The van der Waals surface area contributed by atoms with Crippen LogP contribution in [0.2, 0.25) is 0 Å². The Morgan fingerprint density at radius 2 is 1.85 bits per heavy atom. The number of halogens is 3. The highest BCUT2D eigenvalue weighted by Gasteiger charge is 2.31. The van der Waals surface area contributed by atoms with Crippen LogP contribution in [0.25, 0.3) is 0 Å². The number of carbonyl (C=O) groups excluding carboxylic acids is 1. The first-order valence-corrected chi connectivity index (χ1v) is 10.7. The first-order chi connectivity index (χ1) is 16.3. The molecule has 34 heavy (non-hydrogen) atoms. The number of benzene rings is 2. The molecule has 4 rings (SSSR count). The van der Waals surface area contributed by atoms with Crippen LogP contribution in [0.1, 0.15) is 22.8 Å². The molecule has 0 aliphatic carbocycles. The van der Waals surface area contributed by atoms with E-state index in [0.717, 1.165) is 17.8 Å². The number of rotatable bonds is 7. The molecule has 1 aromatic heterocycles. The van der Waals surface area contributed by atoms with Gasteiger partial charge in [0.15, 0.2) is 0 Å². The van der Waals surface area contributed by atoms with Gasteiger partial charge in [-0.3, -0.25) is 25.5 Å². The molecule has 178 valence electrons. The SMILES string of the molecule is CC1CN(c2ccc(OC(F)(F)F)cc2)CN1Cc1ccncc1NNC(=O)c1ccccc1. The molecule has 7 nitrogen and oxygen atoms in total. The zero-order chi connectivity index (χ0) is 24.1. The van der Waals surface area contributed by atoms with Crippen LogP contribution in [0, 0.1) is 0 Å². The fourth-order valence-corrected chi connectivity index (χ4v) is 3.78. The van der Waals surface area contributed by atoms with E-state index in [1.54, 1.807) is 48.8 Å². The third-order valence-corrected chi connectivity index (χ3v) is 5.53. The lowest BCUT2D eigenvalue weighted by Gasteiger charge is -2.22. The Balaban J connectivity index is 1.38. The summed E-state index contributed by atoms with van der Waals surface area (Å²) in [5.74, 6) is -0.500. The van der Waals surface area contributed by atoms with E-state index in [-0.39, 0.29) is 17.7 Å². The summed E-state index contributed by atoms with van der Waals surface area (Å²) in [6, 6.07) is 16.8. The molecular weight excluding hydrogens is 447 g/mol. The highest BCUT2D eigenvalue weighted by atomic mass is 19.4. The molecule has 0 radical (unpaired) electrons. The summed E-state index contributed by atoms with van der Waals surface area (Å²) in [6.45, 7) is 4.00. The average Bonchev–Trinajstić information content (AvgIpc) is 3.18. The number of hydrazine groups is 1. The average molecular weight is 471 g/mol. The van der Waals surface area contributed by atoms with Crippen LogP contribution < -0.4 is 20.5 Å². The van der Waals surface area contributed by atoms with Crippen molar-refractivity contribution >= 4 is 17.3 Å². The number of nitrogens with one attached hydrogen (secondary N) is 2. The first kappa shape index (κ1) is 23.4. The number of alkyl halides is 3. The molecule has 1 aliphatic heterocycles. The van der Waals surface area contributed by atoms with E-state index in [1.165, 1.54) is 12.1 Å². The van der Waals surface area contributed by atoms with Gasteiger partial charge in [0.2, 0.25) is 0 Å². The van der Waals surface area contributed by atoms with Gasteiger partial charge in [0.05, 0.1) is 18.6 Å². The van der Waals surface area contributed by atoms with Gasteiger partial charge >= 0.3 is 6.36 Å². The number of carbonyl (C=O) groups is 1. The van der Waals surface area contributed by atoms with Crippen molar-refractivity contribution in [3.8, 4) is 5.75 Å². The predicted molar refractivity (Wildman–Crippen MR) is 122 cm³/mol. The Morgan fingerprint density at radius 3 is 2.56 bits per heavy atom. The molecule has 1 amide bonds. The molecule has 3 aromatic rings. The molecule has 1 fully saturated rings. The fraction of sp³-hybridized carbons (Fsp3) is 0.250. The lowest BCUT2D eigenvalue weighted by atomic mass is 10.2. The molecule has 1 atom stereocenters. The lowest BCUT2D eigenvalue weighted by molar-refractivity contribution is -0.274. The van der Waals surface area contributed by atoms with Gasteiger partial charge in [0, 0.05) is 36.6 Å². The topological polar surface area (TPSA) is 69.7 Å². The quantitative estimate of drug-likeness (QED) is 0.498. The summed E-state index contributed by atoms with van der Waals surface area (Å²) in [4.78, 5) is 20.8. The van der Waals surface area contributed by atoms with Crippen LogP contribution in [-0.2, 0) is 6.54 Å². The third-order valence-electron chi connectivity index (χ3n) is 5.53. The Bertz CT molecular complexity index is 1110. The van der Waals surface area contributed by atoms with Crippen molar-refractivity contribution in [3.05, 3.63) is 84.2 Å². The van der Waals surface area contributed by atoms with Crippen LogP contribution in [0.3, 0.4) is 0 Å². The van der Waals surface area contributed by atoms with Crippen molar-refractivity contribution in [1.29, 1.82) is 0 Å². The minimum absolute atomic E-state index is 0.200. The van der Waals surface area contributed by atoms with Gasteiger partial charge in [0.25, 0.3) is 5.91 Å². The Kier molecular flexibility index (Phi) is 6.87. The van der Waals surface area contributed by atoms with E-state index >= 15 is 0 Å². The number of amides is 1. The molecule has 1 saturated heterocycles. The largest absolute Gasteiger partial charge is 0.573 e. The minimum atomic E-state index is -4.71. The second kappa shape index (κ2) is 10.0. The normalized spacial score (nSPS) is 16.4. The van der Waals surface area contributed by atoms with E-state index < -0.39 is 6.36 Å². The maximum atomic E-state index is 12.4. The summed E-state index contributed by atoms with van der Waals surface area (Å²) < 4.78 is 41.1. The smallest absolute Gasteiger partial charge is 0.406 e. The van der Waals surface area contributed by atoms with Crippen molar-refractivity contribution in [3.63, 3.8) is 0 Å². The lowest BCUT2D eigenvalue weighted by Crippen LogP contribution is -2.32. The molecular formula is C24H24F3N5O2. The summed E-state index contributed by atoms with van der Waals surface area (Å²) in [5, 5.41) is 0. The van der Waals surface area contributed by atoms with Crippen LogP contribution in [0.5, 0.6) is 5.75 Å². The molecule has 10 heteroatoms. The molecule has 1 aliphatic rings. The Labute approximate surface area is 195 Å². The standard InChI is InChI=1S/C24H24F3N5O2/c1-17-14-32(20-7-9-21(10-8-20)34-24(25,26)27)16-31(17)15-19-11-12-28-13-22(19)29-30-23(33)18-5-3-2-4-6-18/h2-13,17,29H,14-16H2,1H3,(H,30,33). The van der Waals surface area contributed by atoms with Crippen molar-refractivity contribution in [2.45, 2.75) is 25.9 Å². The molecule has 2 N–H and O–H groups in total. The summed E-state index contributed by atoms with van der Waals surface area (Å²) in [7, 11) is 0. The van der Waals surface area contributed by atoms with Crippen molar-refractivity contribution in [2.24, 2.45) is 0 Å². The van der Waals surface area contributed by atoms with Gasteiger partial charge in [-0.1, -0.05) is 18.2 Å². The van der Waals surface area contributed by atoms with Gasteiger partial charge in [-0.2, -0.15) is 0 Å². The number of hydrogen-bond donors (Lipinski definition) is 2. The van der Waals surface area contributed by atoms with Gasteiger partial charge in [-0.15, -0.1) is 13.2 Å². The number of ether oxygens (including phenoxy) is 1. The monoisotopic (exact) mass is 471 g/mol. The second-order valence-electron chi connectivity index (χ2n) is 7.98. The minimum Gasteiger partial charge on any atom is -0.406 e. The number of hydrogen-bond acceptors (Lipinski definition) is 6. The molecule has 0 bridgehead atoms. The molecule has 1 unspecified atom stereocenters. The van der Waals surface area contributed by atoms with Crippen LogP contribution in [-0.4, -0.2) is 41.4 Å². The van der Waals surface area contributed by atoms with Crippen molar-refractivity contribution in [2.75, 3.05) is 23.5 Å². The van der Waals surface area contributed by atoms with Crippen LogP contribution in [0.15, 0.2) is 73.1 Å². The molecule has 2 heterocycles. The first-order valence-electron chi connectivity index (χ1n) is 10.7. The Morgan fingerprint density at radius 1 is 1.12 bits per heavy atom.